The average Bonchev–Trinajstić information content (AvgIpc) is 1.86. The Hall–Kier alpha value is -0.0800. The van der Waals surface area contributed by atoms with E-state index in [0.29, 0.717) is 0 Å². The molecule has 0 saturated heterocycles. The summed E-state index contributed by atoms with van der Waals surface area (Å²) < 4.78 is 5.09. The van der Waals surface area contributed by atoms with Crippen molar-refractivity contribution in [1.82, 2.24) is 0 Å². The van der Waals surface area contributed by atoms with E-state index >= 15 is 0 Å². The minimum absolute atomic E-state index is 0.0981. The second-order valence-corrected chi connectivity index (χ2v) is 2.65. The van der Waals surface area contributed by atoms with E-state index in [0.717, 1.165) is 5.92 Å². The molecule has 1 N–H and O–H groups in total. The van der Waals surface area contributed by atoms with E-state index in [1.54, 1.807) is 7.11 Å². The molecular formula is C7H15O2. The zero-order valence-corrected chi connectivity index (χ0v) is 6.56. The molecule has 0 bridgehead atoms. The van der Waals surface area contributed by atoms with Crippen LogP contribution in [-0.4, -0.2) is 24.4 Å². The van der Waals surface area contributed by atoms with Gasteiger partial charge >= 0.3 is 0 Å². The summed E-state index contributed by atoms with van der Waals surface area (Å²) in [7, 11) is 1.64. The molecule has 55 valence electrons. The van der Waals surface area contributed by atoms with Crippen molar-refractivity contribution in [2.75, 3.05) is 13.7 Å². The van der Waals surface area contributed by atoms with Crippen LogP contribution in [-0.2, 0) is 4.74 Å². The Kier molecular flexibility index (Phi) is 3.15. The van der Waals surface area contributed by atoms with Gasteiger partial charge in [0.1, 0.15) is 0 Å². The van der Waals surface area contributed by atoms with Gasteiger partial charge in [0, 0.05) is 13.0 Å². The van der Waals surface area contributed by atoms with Gasteiger partial charge in [-0.15, -0.1) is 0 Å². The Morgan fingerprint density at radius 1 is 1.56 bits per heavy atom. The Morgan fingerprint density at radius 2 is 2.00 bits per heavy atom. The predicted octanol–water partition coefficient (Wildman–Crippen LogP) is 0.998. The molecule has 0 aliphatic heterocycles. The molecule has 0 aliphatic carbocycles. The van der Waals surface area contributed by atoms with E-state index in [2.05, 4.69) is 0 Å². The van der Waals surface area contributed by atoms with Crippen LogP contribution in [0.4, 0.5) is 0 Å². The first-order chi connectivity index (χ1) is 4.04. The van der Waals surface area contributed by atoms with E-state index in [1.807, 2.05) is 20.8 Å². The molecule has 0 heterocycles. The van der Waals surface area contributed by atoms with Crippen LogP contribution in [0, 0.1) is 5.92 Å². The zero-order valence-electron chi connectivity index (χ0n) is 6.56. The van der Waals surface area contributed by atoms with E-state index < -0.39 is 0 Å². The van der Waals surface area contributed by atoms with Gasteiger partial charge in [-0.25, -0.2) is 0 Å². The van der Waals surface area contributed by atoms with E-state index in [1.165, 1.54) is 0 Å². The Morgan fingerprint density at radius 3 is 2.11 bits per heavy atom. The third kappa shape index (κ3) is 2.33. The molecule has 0 spiro atoms. The van der Waals surface area contributed by atoms with Crippen molar-refractivity contribution < 1.29 is 9.84 Å². The van der Waals surface area contributed by atoms with Gasteiger partial charge in [0.2, 0.25) is 0 Å². The molecule has 0 saturated carbocycles. The van der Waals surface area contributed by atoms with Crippen molar-refractivity contribution in [3.05, 3.63) is 5.92 Å². The monoisotopic (exact) mass is 131 g/mol. The zero-order chi connectivity index (χ0) is 7.49. The summed E-state index contributed by atoms with van der Waals surface area (Å²) in [6.45, 7) is 5.83. The maximum absolute atomic E-state index is 8.68. The molecule has 0 aromatic carbocycles. The SMILES string of the molecule is COC(C)(C)[C](C)CO. The lowest BCUT2D eigenvalue weighted by Gasteiger charge is -2.27. The largest absolute Gasteiger partial charge is 0.396 e. The maximum Gasteiger partial charge on any atom is 0.0705 e. The molecule has 0 aromatic rings. The first-order valence-electron chi connectivity index (χ1n) is 3.03. The predicted molar refractivity (Wildman–Crippen MR) is 37.1 cm³/mol. The molecular weight excluding hydrogens is 116 g/mol. The fourth-order valence-electron chi connectivity index (χ4n) is 0.365. The summed E-state index contributed by atoms with van der Waals surface area (Å²) in [5.74, 6) is 0.949. The summed E-state index contributed by atoms with van der Waals surface area (Å²) >= 11 is 0. The van der Waals surface area contributed by atoms with Gasteiger partial charge in [0.25, 0.3) is 0 Å². The van der Waals surface area contributed by atoms with Gasteiger partial charge < -0.3 is 9.84 Å². The molecule has 0 fully saturated rings. The number of ether oxygens (including phenoxy) is 1. The summed E-state index contributed by atoms with van der Waals surface area (Å²) in [4.78, 5) is 0. The quantitative estimate of drug-likeness (QED) is 0.619. The van der Waals surface area contributed by atoms with E-state index in [4.69, 9.17) is 9.84 Å². The third-order valence-electron chi connectivity index (χ3n) is 1.78. The van der Waals surface area contributed by atoms with Crippen LogP contribution in [0.15, 0.2) is 0 Å². The number of aliphatic hydroxyl groups is 1. The van der Waals surface area contributed by atoms with Crippen molar-refractivity contribution >= 4 is 0 Å². The minimum Gasteiger partial charge on any atom is -0.396 e. The lowest BCUT2D eigenvalue weighted by atomic mass is 9.94. The van der Waals surface area contributed by atoms with Crippen LogP contribution in [0.5, 0.6) is 0 Å². The molecule has 0 rings (SSSR count). The first-order valence-corrected chi connectivity index (χ1v) is 3.03. The Bertz CT molecular complexity index is 79.0. The van der Waals surface area contributed by atoms with Gasteiger partial charge in [-0.3, -0.25) is 0 Å². The second kappa shape index (κ2) is 3.18. The Balaban J connectivity index is 3.80. The number of rotatable bonds is 3. The van der Waals surface area contributed by atoms with Crippen LogP contribution in [0.25, 0.3) is 0 Å². The van der Waals surface area contributed by atoms with Crippen LogP contribution in [0.1, 0.15) is 20.8 Å². The number of hydrogen-bond acceptors (Lipinski definition) is 2. The van der Waals surface area contributed by atoms with Crippen molar-refractivity contribution in [2.45, 2.75) is 26.4 Å². The molecule has 2 nitrogen and oxygen atoms in total. The lowest BCUT2D eigenvalue weighted by Crippen LogP contribution is -2.31. The minimum atomic E-state index is -0.283. The van der Waals surface area contributed by atoms with Crippen LogP contribution < -0.4 is 0 Å². The highest BCUT2D eigenvalue weighted by Gasteiger charge is 2.24. The smallest absolute Gasteiger partial charge is 0.0705 e. The van der Waals surface area contributed by atoms with Gasteiger partial charge in [-0.2, -0.15) is 0 Å². The summed E-state index contributed by atoms with van der Waals surface area (Å²) in [5, 5.41) is 8.68. The number of methoxy groups -OCH3 is 1. The van der Waals surface area contributed by atoms with Gasteiger partial charge in [0.15, 0.2) is 0 Å². The fraction of sp³-hybridized carbons (Fsp3) is 0.857. The lowest BCUT2D eigenvalue weighted by molar-refractivity contribution is 0.0234. The molecule has 9 heavy (non-hydrogen) atoms. The summed E-state index contributed by atoms with van der Waals surface area (Å²) in [5.41, 5.74) is -0.283. The Labute approximate surface area is 56.8 Å². The highest BCUT2D eigenvalue weighted by Crippen LogP contribution is 2.20. The topological polar surface area (TPSA) is 29.5 Å². The van der Waals surface area contributed by atoms with Gasteiger partial charge in [-0.05, 0) is 13.8 Å². The van der Waals surface area contributed by atoms with Crippen LogP contribution >= 0.6 is 0 Å². The first kappa shape index (κ1) is 8.92. The second-order valence-electron chi connectivity index (χ2n) is 2.65. The molecule has 1 radical (unpaired) electrons. The van der Waals surface area contributed by atoms with Crippen molar-refractivity contribution in [2.24, 2.45) is 0 Å². The van der Waals surface area contributed by atoms with Crippen LogP contribution in [0.2, 0.25) is 0 Å². The highest BCUT2D eigenvalue weighted by atomic mass is 16.5. The maximum atomic E-state index is 8.68. The summed E-state index contributed by atoms with van der Waals surface area (Å²) in [6.07, 6.45) is 0. The van der Waals surface area contributed by atoms with Gasteiger partial charge in [-0.1, -0.05) is 6.92 Å². The molecule has 0 aliphatic rings. The van der Waals surface area contributed by atoms with E-state index in [-0.39, 0.29) is 12.2 Å². The summed E-state index contributed by atoms with van der Waals surface area (Å²) in [6, 6.07) is 0. The van der Waals surface area contributed by atoms with Crippen LogP contribution in [0.3, 0.4) is 0 Å². The molecule has 2 heteroatoms. The fourth-order valence-corrected chi connectivity index (χ4v) is 0.365. The van der Waals surface area contributed by atoms with E-state index in [9.17, 15) is 0 Å². The molecule has 0 amide bonds. The molecule has 0 unspecified atom stereocenters. The van der Waals surface area contributed by atoms with Crippen molar-refractivity contribution in [3.63, 3.8) is 0 Å². The highest BCUT2D eigenvalue weighted by molar-refractivity contribution is 5.00. The molecule has 0 atom stereocenters. The third-order valence-corrected chi connectivity index (χ3v) is 1.78. The van der Waals surface area contributed by atoms with Crippen molar-refractivity contribution in [3.8, 4) is 0 Å². The number of hydrogen-bond donors (Lipinski definition) is 1. The molecule has 0 aromatic heterocycles. The normalized spacial score (nSPS) is 12.7. The van der Waals surface area contributed by atoms with Gasteiger partial charge in [0.05, 0.1) is 12.2 Å². The van der Waals surface area contributed by atoms with Crippen molar-refractivity contribution in [1.29, 1.82) is 0 Å². The standard InChI is InChI=1S/C7H15O2/c1-6(5-8)7(2,3)9-4/h8H,5H2,1-4H3. The number of aliphatic hydroxyl groups excluding tert-OH is 1. The average molecular weight is 131 g/mol.